The van der Waals surface area contributed by atoms with E-state index in [9.17, 15) is 4.79 Å². The Morgan fingerprint density at radius 1 is 1.05 bits per heavy atom. The average Bonchev–Trinajstić information content (AvgIpc) is 2.40. The molecule has 0 radical (unpaired) electrons. The number of carbonyl (C=O) groups is 1. The summed E-state index contributed by atoms with van der Waals surface area (Å²) in [5, 5.41) is 3.53. The molecule has 5 aliphatic rings. The molecule has 4 saturated carbocycles. The van der Waals surface area contributed by atoms with Crippen molar-refractivity contribution in [2.75, 3.05) is 13.1 Å². The molecule has 0 aromatic rings. The first kappa shape index (κ1) is 14.0. The van der Waals surface area contributed by atoms with E-state index in [2.05, 4.69) is 31.0 Å². The highest BCUT2D eigenvalue weighted by Crippen LogP contribution is 2.57. The predicted molar refractivity (Wildman–Crippen MR) is 83.8 cm³/mol. The Hall–Kier alpha value is -0.570. The van der Waals surface area contributed by atoms with Crippen LogP contribution in [0.1, 0.15) is 52.9 Å². The van der Waals surface area contributed by atoms with Crippen molar-refractivity contribution in [2.24, 2.45) is 29.6 Å². The molecular weight excluding hydrogens is 260 g/mol. The van der Waals surface area contributed by atoms with Gasteiger partial charge >= 0.3 is 0 Å². The molecule has 1 heterocycles. The van der Waals surface area contributed by atoms with Gasteiger partial charge in [0.15, 0.2) is 0 Å². The molecule has 0 aromatic carbocycles. The van der Waals surface area contributed by atoms with Gasteiger partial charge in [-0.1, -0.05) is 0 Å². The third-order valence-electron chi connectivity index (χ3n) is 6.85. The van der Waals surface area contributed by atoms with E-state index in [1.807, 2.05) is 0 Å². The van der Waals surface area contributed by atoms with Crippen LogP contribution in [0.15, 0.2) is 0 Å². The van der Waals surface area contributed by atoms with Crippen LogP contribution in [-0.2, 0) is 4.79 Å². The molecule has 21 heavy (non-hydrogen) atoms. The van der Waals surface area contributed by atoms with Crippen molar-refractivity contribution in [1.82, 2.24) is 10.2 Å². The highest BCUT2D eigenvalue weighted by molar-refractivity contribution is 5.81. The van der Waals surface area contributed by atoms with Gasteiger partial charge in [0.25, 0.3) is 0 Å². The van der Waals surface area contributed by atoms with Crippen LogP contribution in [0.4, 0.5) is 0 Å². The van der Waals surface area contributed by atoms with Crippen LogP contribution >= 0.6 is 0 Å². The van der Waals surface area contributed by atoms with Gasteiger partial charge in [-0.05, 0) is 76.5 Å². The molecule has 1 unspecified atom stereocenters. The number of carbonyl (C=O) groups excluding carboxylic acids is 1. The van der Waals surface area contributed by atoms with E-state index in [4.69, 9.17) is 0 Å². The van der Waals surface area contributed by atoms with E-state index in [0.717, 1.165) is 24.9 Å². The van der Waals surface area contributed by atoms with E-state index in [1.165, 1.54) is 32.1 Å². The van der Waals surface area contributed by atoms with Gasteiger partial charge in [0.2, 0.25) is 5.91 Å². The summed E-state index contributed by atoms with van der Waals surface area (Å²) < 4.78 is 0. The Morgan fingerprint density at radius 2 is 1.62 bits per heavy atom. The topological polar surface area (TPSA) is 32.3 Å². The maximum absolute atomic E-state index is 13.3. The molecule has 5 fully saturated rings. The number of hydrogen-bond acceptors (Lipinski definition) is 2. The summed E-state index contributed by atoms with van der Waals surface area (Å²) in [7, 11) is 0. The molecule has 1 amide bonds. The number of piperazine rings is 1. The lowest BCUT2D eigenvalue weighted by Gasteiger charge is -2.56. The molecule has 0 spiro atoms. The van der Waals surface area contributed by atoms with Crippen molar-refractivity contribution in [1.29, 1.82) is 0 Å². The number of nitrogens with one attached hydrogen (secondary N) is 1. The minimum atomic E-state index is -0.0295. The Labute approximate surface area is 128 Å². The van der Waals surface area contributed by atoms with Crippen molar-refractivity contribution in [2.45, 2.75) is 64.5 Å². The molecule has 1 aliphatic heterocycles. The Kier molecular flexibility index (Phi) is 3.15. The highest BCUT2D eigenvalue weighted by Gasteiger charge is 2.53. The van der Waals surface area contributed by atoms with Crippen LogP contribution in [0.3, 0.4) is 0 Å². The first-order chi connectivity index (χ1) is 9.94. The van der Waals surface area contributed by atoms with Gasteiger partial charge in [0.05, 0.1) is 0 Å². The number of amides is 1. The van der Waals surface area contributed by atoms with Gasteiger partial charge in [0.1, 0.15) is 0 Å². The Bertz CT molecular complexity index is 416. The molecule has 1 N–H and O–H groups in total. The molecule has 3 heteroatoms. The highest BCUT2D eigenvalue weighted by atomic mass is 16.2. The molecular formula is C18H30N2O. The van der Waals surface area contributed by atoms with Gasteiger partial charge in [-0.3, -0.25) is 4.79 Å². The summed E-state index contributed by atoms with van der Waals surface area (Å²) >= 11 is 0. The molecule has 0 aromatic heterocycles. The van der Waals surface area contributed by atoms with E-state index in [1.54, 1.807) is 0 Å². The van der Waals surface area contributed by atoms with Crippen LogP contribution in [-0.4, -0.2) is 35.5 Å². The second kappa shape index (κ2) is 4.71. The Balaban J connectivity index is 1.57. The van der Waals surface area contributed by atoms with Gasteiger partial charge in [-0.25, -0.2) is 0 Å². The van der Waals surface area contributed by atoms with Crippen molar-refractivity contribution in [3.63, 3.8) is 0 Å². The summed E-state index contributed by atoms with van der Waals surface area (Å²) in [6, 6.07) is 0.429. The largest absolute Gasteiger partial charge is 0.334 e. The van der Waals surface area contributed by atoms with E-state index in [-0.39, 0.29) is 5.54 Å². The first-order valence-electron chi connectivity index (χ1n) is 8.99. The molecule has 118 valence electrons. The Morgan fingerprint density at radius 3 is 2.19 bits per heavy atom. The summed E-state index contributed by atoms with van der Waals surface area (Å²) in [6.07, 6.45) is 6.82. The number of rotatable bonds is 1. The zero-order chi connectivity index (χ0) is 14.8. The van der Waals surface area contributed by atoms with Crippen LogP contribution in [0.2, 0.25) is 0 Å². The standard InChI is InChI=1S/C18H30N2O/c1-11-9-20(18(2,3)10-19-11)17(21)16-14-5-12-4-13(7-14)8-15(16)6-12/h11-16,19H,4-10H2,1-3H3. The fourth-order valence-electron chi connectivity index (χ4n) is 6.00. The SMILES string of the molecule is CC1CN(C(=O)C2C3CC4CC(C3)CC2C4)C(C)(C)CN1. The second-order valence-corrected chi connectivity index (χ2v) is 9.00. The predicted octanol–water partition coefficient (Wildman–Crippen LogP) is 2.66. The van der Waals surface area contributed by atoms with Crippen LogP contribution in [0.25, 0.3) is 0 Å². The van der Waals surface area contributed by atoms with Gasteiger partial charge in [0, 0.05) is 30.6 Å². The molecule has 5 rings (SSSR count). The lowest BCUT2D eigenvalue weighted by Crippen LogP contribution is -2.65. The average molecular weight is 290 g/mol. The first-order valence-corrected chi connectivity index (χ1v) is 8.99. The number of nitrogens with zero attached hydrogens (tertiary/aromatic N) is 1. The van der Waals surface area contributed by atoms with Gasteiger partial charge in [-0.15, -0.1) is 0 Å². The van der Waals surface area contributed by atoms with E-state index >= 15 is 0 Å². The smallest absolute Gasteiger partial charge is 0.226 e. The van der Waals surface area contributed by atoms with E-state index in [0.29, 0.717) is 29.7 Å². The third-order valence-corrected chi connectivity index (χ3v) is 6.85. The lowest BCUT2D eigenvalue weighted by molar-refractivity contribution is -0.156. The molecule has 3 nitrogen and oxygen atoms in total. The minimum Gasteiger partial charge on any atom is -0.334 e. The maximum Gasteiger partial charge on any atom is 0.226 e. The fourth-order valence-corrected chi connectivity index (χ4v) is 6.00. The summed E-state index contributed by atoms with van der Waals surface area (Å²) in [5.41, 5.74) is -0.0295. The second-order valence-electron chi connectivity index (χ2n) is 9.00. The van der Waals surface area contributed by atoms with Crippen LogP contribution in [0.5, 0.6) is 0 Å². The van der Waals surface area contributed by atoms with Crippen molar-refractivity contribution >= 4 is 5.91 Å². The fraction of sp³-hybridized carbons (Fsp3) is 0.944. The zero-order valence-electron chi connectivity index (χ0n) is 13.8. The normalized spacial score (nSPS) is 47.7. The summed E-state index contributed by atoms with van der Waals surface area (Å²) in [5.74, 6) is 4.15. The van der Waals surface area contributed by atoms with Gasteiger partial charge in [-0.2, -0.15) is 0 Å². The van der Waals surface area contributed by atoms with Gasteiger partial charge < -0.3 is 10.2 Å². The molecule has 4 bridgehead atoms. The number of hydrogen-bond donors (Lipinski definition) is 1. The minimum absolute atomic E-state index is 0.0295. The van der Waals surface area contributed by atoms with E-state index < -0.39 is 0 Å². The summed E-state index contributed by atoms with van der Waals surface area (Å²) in [4.78, 5) is 15.6. The van der Waals surface area contributed by atoms with Crippen molar-refractivity contribution in [3.8, 4) is 0 Å². The molecule has 1 saturated heterocycles. The van der Waals surface area contributed by atoms with Crippen LogP contribution in [0, 0.1) is 29.6 Å². The maximum atomic E-state index is 13.3. The quantitative estimate of drug-likeness (QED) is 0.805. The van der Waals surface area contributed by atoms with Crippen LogP contribution < -0.4 is 5.32 Å². The molecule has 4 aliphatic carbocycles. The monoisotopic (exact) mass is 290 g/mol. The third kappa shape index (κ3) is 2.23. The van der Waals surface area contributed by atoms with Crippen molar-refractivity contribution in [3.05, 3.63) is 0 Å². The zero-order valence-corrected chi connectivity index (χ0v) is 13.8. The molecule has 1 atom stereocenters. The van der Waals surface area contributed by atoms with Crippen molar-refractivity contribution < 1.29 is 4.79 Å². The lowest BCUT2D eigenvalue weighted by atomic mass is 9.51. The summed E-state index contributed by atoms with van der Waals surface area (Å²) in [6.45, 7) is 8.45.